The Labute approximate surface area is 88.9 Å². The van der Waals surface area contributed by atoms with Crippen LogP contribution in [0, 0.1) is 9.62 Å². The van der Waals surface area contributed by atoms with Gasteiger partial charge in [-0.25, -0.2) is 0 Å². The fourth-order valence-corrected chi connectivity index (χ4v) is 2.39. The Morgan fingerprint density at radius 3 is 3.15 bits per heavy atom. The van der Waals surface area contributed by atoms with Gasteiger partial charge in [-0.2, -0.15) is 5.10 Å². The maximum atomic E-state index is 10.7. The predicted octanol–water partition coefficient (Wildman–Crippen LogP) is 1.20. The maximum absolute atomic E-state index is 10.7. The number of carboxylic acids is 1. The molecule has 2 rings (SSSR count). The first-order valence-corrected chi connectivity index (χ1v) is 5.20. The molecule has 0 amide bonds. The van der Waals surface area contributed by atoms with E-state index in [-0.39, 0.29) is 5.92 Å². The first-order valence-electron chi connectivity index (χ1n) is 4.13. The van der Waals surface area contributed by atoms with Gasteiger partial charge in [-0.1, -0.05) is 0 Å². The van der Waals surface area contributed by atoms with Crippen LogP contribution in [0.5, 0.6) is 0 Å². The molecule has 13 heavy (non-hydrogen) atoms. The van der Waals surface area contributed by atoms with Gasteiger partial charge in [0.2, 0.25) is 0 Å². The van der Waals surface area contributed by atoms with Crippen molar-refractivity contribution in [3.05, 3.63) is 15.0 Å². The highest BCUT2D eigenvalue weighted by molar-refractivity contribution is 14.1. The summed E-state index contributed by atoms with van der Waals surface area (Å²) in [5.41, 5.74) is 2.21. The van der Waals surface area contributed by atoms with Gasteiger partial charge in [0.1, 0.15) is 3.70 Å². The maximum Gasteiger partial charge on any atom is 0.306 e. The van der Waals surface area contributed by atoms with Gasteiger partial charge in [0.05, 0.1) is 5.92 Å². The van der Waals surface area contributed by atoms with E-state index >= 15 is 0 Å². The Kier molecular flexibility index (Phi) is 2.27. The lowest BCUT2D eigenvalue weighted by Crippen LogP contribution is -2.22. The number of H-pyrrole nitrogens is 1. The molecule has 0 fully saturated rings. The van der Waals surface area contributed by atoms with Gasteiger partial charge in [0, 0.05) is 17.7 Å². The van der Waals surface area contributed by atoms with Crippen LogP contribution in [0.1, 0.15) is 17.7 Å². The molecule has 1 unspecified atom stereocenters. The molecular formula is C8H9IN2O2. The summed E-state index contributed by atoms with van der Waals surface area (Å²) >= 11 is 2.17. The number of carbonyl (C=O) groups is 1. The van der Waals surface area contributed by atoms with Crippen molar-refractivity contribution >= 4 is 28.6 Å². The van der Waals surface area contributed by atoms with E-state index in [1.54, 1.807) is 0 Å². The van der Waals surface area contributed by atoms with Crippen molar-refractivity contribution in [1.82, 2.24) is 10.2 Å². The minimum atomic E-state index is -0.699. The van der Waals surface area contributed by atoms with Gasteiger partial charge >= 0.3 is 5.97 Å². The molecule has 2 N–H and O–H groups in total. The fraction of sp³-hybridized carbons (Fsp3) is 0.500. The molecule has 1 aliphatic rings. The zero-order valence-corrected chi connectivity index (χ0v) is 9.04. The summed E-state index contributed by atoms with van der Waals surface area (Å²) in [6.07, 6.45) is 2.17. The minimum absolute atomic E-state index is 0.233. The Morgan fingerprint density at radius 1 is 1.69 bits per heavy atom. The van der Waals surface area contributed by atoms with Crippen molar-refractivity contribution in [3.63, 3.8) is 0 Å². The Balaban J connectivity index is 2.25. The van der Waals surface area contributed by atoms with Crippen molar-refractivity contribution in [2.24, 2.45) is 5.92 Å². The zero-order chi connectivity index (χ0) is 9.42. The van der Waals surface area contributed by atoms with Gasteiger partial charge in [-0.05, 0) is 35.4 Å². The van der Waals surface area contributed by atoms with Crippen LogP contribution in [0.4, 0.5) is 0 Å². The number of hydrogen-bond donors (Lipinski definition) is 2. The van der Waals surface area contributed by atoms with E-state index in [2.05, 4.69) is 32.8 Å². The van der Waals surface area contributed by atoms with Gasteiger partial charge < -0.3 is 5.11 Å². The van der Waals surface area contributed by atoms with Crippen LogP contribution in [0.3, 0.4) is 0 Å². The second-order valence-electron chi connectivity index (χ2n) is 3.25. The first-order chi connectivity index (χ1) is 6.18. The van der Waals surface area contributed by atoms with E-state index in [0.717, 1.165) is 22.2 Å². The van der Waals surface area contributed by atoms with Crippen molar-refractivity contribution in [2.45, 2.75) is 19.3 Å². The largest absolute Gasteiger partial charge is 0.481 e. The SMILES string of the molecule is O=C(O)C1CCc2c(I)n[nH]c2C1. The van der Waals surface area contributed by atoms with Crippen LogP contribution >= 0.6 is 22.6 Å². The highest BCUT2D eigenvalue weighted by Crippen LogP contribution is 2.26. The summed E-state index contributed by atoms with van der Waals surface area (Å²) in [5.74, 6) is -0.931. The van der Waals surface area contributed by atoms with E-state index in [1.807, 2.05) is 0 Å². The number of hydrogen-bond acceptors (Lipinski definition) is 2. The average molecular weight is 292 g/mol. The van der Waals surface area contributed by atoms with Gasteiger partial charge in [-0.15, -0.1) is 0 Å². The molecule has 1 heterocycles. The number of nitrogens with one attached hydrogen (secondary N) is 1. The summed E-state index contributed by atoms with van der Waals surface area (Å²) in [7, 11) is 0. The lowest BCUT2D eigenvalue weighted by atomic mass is 9.88. The molecule has 70 valence electrons. The average Bonchev–Trinajstić information content (AvgIpc) is 2.47. The van der Waals surface area contributed by atoms with Crippen LogP contribution < -0.4 is 0 Å². The predicted molar refractivity (Wildman–Crippen MR) is 54.5 cm³/mol. The first kappa shape index (κ1) is 8.98. The molecule has 0 aromatic carbocycles. The van der Waals surface area contributed by atoms with E-state index in [1.165, 1.54) is 5.56 Å². The number of nitrogens with zero attached hydrogens (tertiary/aromatic N) is 1. The van der Waals surface area contributed by atoms with Gasteiger partial charge in [0.25, 0.3) is 0 Å². The second kappa shape index (κ2) is 3.28. The molecule has 1 aromatic heterocycles. The summed E-state index contributed by atoms with van der Waals surface area (Å²) in [4.78, 5) is 10.7. The highest BCUT2D eigenvalue weighted by Gasteiger charge is 2.26. The monoisotopic (exact) mass is 292 g/mol. The normalized spacial score (nSPS) is 21.2. The highest BCUT2D eigenvalue weighted by atomic mass is 127. The van der Waals surface area contributed by atoms with E-state index in [9.17, 15) is 4.79 Å². The molecule has 0 radical (unpaired) electrons. The number of rotatable bonds is 1. The number of carboxylic acid groups (broad SMARTS) is 1. The Morgan fingerprint density at radius 2 is 2.46 bits per heavy atom. The van der Waals surface area contributed by atoms with Crippen LogP contribution in [-0.2, 0) is 17.6 Å². The van der Waals surface area contributed by atoms with Crippen LogP contribution in [0.2, 0.25) is 0 Å². The molecule has 0 bridgehead atoms. The standard InChI is InChI=1S/C8H9IN2O2/c9-7-5-2-1-4(8(12)13)3-6(5)10-11-7/h4H,1-3H2,(H,10,11)(H,12,13). The van der Waals surface area contributed by atoms with Crippen LogP contribution in [0.25, 0.3) is 0 Å². The molecule has 0 aliphatic heterocycles. The molecule has 1 aromatic rings. The molecular weight excluding hydrogens is 283 g/mol. The Hall–Kier alpha value is -0.590. The van der Waals surface area contributed by atoms with Gasteiger partial charge in [0.15, 0.2) is 0 Å². The topological polar surface area (TPSA) is 66.0 Å². The fourth-order valence-electron chi connectivity index (χ4n) is 1.68. The number of halogens is 1. The third-order valence-electron chi connectivity index (χ3n) is 2.44. The molecule has 4 nitrogen and oxygen atoms in total. The lowest BCUT2D eigenvalue weighted by Gasteiger charge is -2.17. The van der Waals surface area contributed by atoms with E-state index in [0.29, 0.717) is 6.42 Å². The smallest absolute Gasteiger partial charge is 0.306 e. The minimum Gasteiger partial charge on any atom is -0.481 e. The third-order valence-corrected chi connectivity index (χ3v) is 3.34. The summed E-state index contributed by atoms with van der Waals surface area (Å²) in [6, 6.07) is 0. The molecule has 1 atom stereocenters. The van der Waals surface area contributed by atoms with Crippen LogP contribution in [-0.4, -0.2) is 21.3 Å². The van der Waals surface area contributed by atoms with Gasteiger partial charge in [-0.3, -0.25) is 9.89 Å². The van der Waals surface area contributed by atoms with E-state index < -0.39 is 5.97 Å². The zero-order valence-electron chi connectivity index (χ0n) is 6.88. The summed E-state index contributed by atoms with van der Waals surface area (Å²) in [5, 5.41) is 15.8. The number of fused-ring (bicyclic) bond motifs is 1. The quantitative estimate of drug-likeness (QED) is 0.764. The van der Waals surface area contributed by atoms with E-state index in [4.69, 9.17) is 5.11 Å². The number of aromatic nitrogens is 2. The molecule has 0 saturated heterocycles. The molecule has 1 aliphatic carbocycles. The van der Waals surface area contributed by atoms with Crippen molar-refractivity contribution in [3.8, 4) is 0 Å². The lowest BCUT2D eigenvalue weighted by molar-refractivity contribution is -0.142. The summed E-state index contributed by atoms with van der Waals surface area (Å²) < 4.78 is 0.983. The molecule has 0 saturated carbocycles. The Bertz CT molecular complexity index is 348. The summed E-state index contributed by atoms with van der Waals surface area (Å²) in [6.45, 7) is 0. The molecule has 5 heteroatoms. The third kappa shape index (κ3) is 1.56. The second-order valence-corrected chi connectivity index (χ2v) is 4.27. The van der Waals surface area contributed by atoms with Crippen LogP contribution in [0.15, 0.2) is 0 Å². The van der Waals surface area contributed by atoms with Crippen molar-refractivity contribution in [2.75, 3.05) is 0 Å². The number of aromatic amines is 1. The number of aliphatic carboxylic acids is 1. The molecule has 0 spiro atoms. The van der Waals surface area contributed by atoms with Crippen molar-refractivity contribution in [1.29, 1.82) is 0 Å². The van der Waals surface area contributed by atoms with Crippen molar-refractivity contribution < 1.29 is 9.90 Å².